The first-order valence-corrected chi connectivity index (χ1v) is 16.1. The first-order chi connectivity index (χ1) is 19.1. The van der Waals surface area contributed by atoms with E-state index in [1.54, 1.807) is 41.3 Å². The third-order valence-corrected chi connectivity index (χ3v) is 9.15. The SMILES string of the molecule is CC[C@H](C(=O)NC1CCCC1)N(Cc1ccc(Cl)c(Cl)c1)C(=O)CCCN(c1ccc2c(c1)OCO2)S(C)(=O)=O. The van der Waals surface area contributed by atoms with E-state index in [2.05, 4.69) is 5.32 Å². The van der Waals surface area contributed by atoms with Gasteiger partial charge in [0.05, 0.1) is 22.0 Å². The topological polar surface area (TPSA) is 105 Å². The second-order valence-electron chi connectivity index (χ2n) is 10.2. The summed E-state index contributed by atoms with van der Waals surface area (Å²) in [7, 11) is -3.64. The lowest BCUT2D eigenvalue weighted by atomic mass is 10.1. The molecule has 218 valence electrons. The highest BCUT2D eigenvalue weighted by atomic mass is 35.5. The van der Waals surface area contributed by atoms with Gasteiger partial charge in [-0.25, -0.2) is 8.42 Å². The number of sulfonamides is 1. The van der Waals surface area contributed by atoms with E-state index in [0.717, 1.165) is 37.5 Å². The summed E-state index contributed by atoms with van der Waals surface area (Å²) in [6.07, 6.45) is 5.87. The van der Waals surface area contributed by atoms with Gasteiger partial charge in [-0.15, -0.1) is 0 Å². The average molecular weight is 613 g/mol. The van der Waals surface area contributed by atoms with E-state index in [1.165, 1.54) is 4.31 Å². The van der Waals surface area contributed by atoms with Crippen LogP contribution in [0.15, 0.2) is 36.4 Å². The number of halogens is 2. The summed E-state index contributed by atoms with van der Waals surface area (Å²) in [4.78, 5) is 28.5. The number of hydrogen-bond donors (Lipinski definition) is 1. The van der Waals surface area contributed by atoms with Crippen molar-refractivity contribution in [3.05, 3.63) is 52.0 Å². The van der Waals surface area contributed by atoms with Crippen LogP contribution in [0.4, 0.5) is 5.69 Å². The van der Waals surface area contributed by atoms with Crippen molar-refractivity contribution in [3.63, 3.8) is 0 Å². The molecule has 0 unspecified atom stereocenters. The molecule has 1 fully saturated rings. The fourth-order valence-electron chi connectivity index (χ4n) is 5.17. The number of nitrogens with zero attached hydrogens (tertiary/aromatic N) is 2. The van der Waals surface area contributed by atoms with Gasteiger partial charge in [0, 0.05) is 31.6 Å². The van der Waals surface area contributed by atoms with Crippen LogP contribution in [-0.4, -0.2) is 56.8 Å². The van der Waals surface area contributed by atoms with Gasteiger partial charge in [0.25, 0.3) is 0 Å². The quantitative estimate of drug-likeness (QED) is 0.356. The van der Waals surface area contributed by atoms with Gasteiger partial charge in [-0.2, -0.15) is 0 Å². The molecular formula is C28H35Cl2N3O6S. The lowest BCUT2D eigenvalue weighted by Crippen LogP contribution is -2.51. The highest BCUT2D eigenvalue weighted by molar-refractivity contribution is 7.92. The second-order valence-corrected chi connectivity index (χ2v) is 12.9. The van der Waals surface area contributed by atoms with E-state index in [-0.39, 0.29) is 50.6 Å². The maximum Gasteiger partial charge on any atom is 0.243 e. The fourth-order valence-corrected chi connectivity index (χ4v) is 6.44. The molecule has 0 radical (unpaired) electrons. The van der Waals surface area contributed by atoms with Crippen molar-refractivity contribution < 1.29 is 27.5 Å². The monoisotopic (exact) mass is 611 g/mol. The van der Waals surface area contributed by atoms with Crippen molar-refractivity contribution in [1.82, 2.24) is 10.2 Å². The van der Waals surface area contributed by atoms with Gasteiger partial charge in [-0.3, -0.25) is 13.9 Å². The molecule has 2 amide bonds. The summed E-state index contributed by atoms with van der Waals surface area (Å²) in [5.41, 5.74) is 1.17. The van der Waals surface area contributed by atoms with Gasteiger partial charge in [0.2, 0.25) is 28.6 Å². The highest BCUT2D eigenvalue weighted by Gasteiger charge is 2.31. The van der Waals surface area contributed by atoms with Crippen molar-refractivity contribution in [2.75, 3.05) is 23.9 Å². The lowest BCUT2D eigenvalue weighted by molar-refractivity contribution is -0.141. The van der Waals surface area contributed by atoms with Gasteiger partial charge in [-0.1, -0.05) is 49.0 Å². The number of rotatable bonds is 12. The van der Waals surface area contributed by atoms with Crippen LogP contribution < -0.4 is 19.1 Å². The van der Waals surface area contributed by atoms with Crippen LogP contribution in [-0.2, 0) is 26.2 Å². The third kappa shape index (κ3) is 7.53. The van der Waals surface area contributed by atoms with Crippen molar-refractivity contribution in [1.29, 1.82) is 0 Å². The Kier molecular flexibility index (Phi) is 10.1. The smallest absolute Gasteiger partial charge is 0.243 e. The Morgan fingerprint density at radius 3 is 2.45 bits per heavy atom. The molecule has 1 atom stereocenters. The van der Waals surface area contributed by atoms with E-state index in [4.69, 9.17) is 32.7 Å². The fraction of sp³-hybridized carbons (Fsp3) is 0.500. The molecule has 2 aromatic rings. The Hall–Kier alpha value is -2.69. The minimum Gasteiger partial charge on any atom is -0.454 e. The largest absolute Gasteiger partial charge is 0.454 e. The van der Waals surface area contributed by atoms with Gasteiger partial charge in [0.15, 0.2) is 11.5 Å². The van der Waals surface area contributed by atoms with Crippen molar-refractivity contribution in [3.8, 4) is 11.5 Å². The summed E-state index contributed by atoms with van der Waals surface area (Å²) in [5.74, 6) is 0.584. The zero-order valence-electron chi connectivity index (χ0n) is 22.7. The second kappa shape index (κ2) is 13.3. The van der Waals surface area contributed by atoms with Crippen LogP contribution in [0.5, 0.6) is 11.5 Å². The molecule has 1 aliphatic carbocycles. The summed E-state index contributed by atoms with van der Waals surface area (Å²) < 4.78 is 37.2. The van der Waals surface area contributed by atoms with Crippen LogP contribution in [0.25, 0.3) is 0 Å². The van der Waals surface area contributed by atoms with Crippen LogP contribution in [0.1, 0.15) is 57.4 Å². The minimum absolute atomic E-state index is 0.0467. The number of anilines is 1. The molecule has 0 aromatic heterocycles. The Morgan fingerprint density at radius 2 is 1.77 bits per heavy atom. The first-order valence-electron chi connectivity index (χ1n) is 13.5. The number of carbonyl (C=O) groups is 2. The lowest BCUT2D eigenvalue weighted by Gasteiger charge is -2.32. The first kappa shape index (κ1) is 30.3. The summed E-state index contributed by atoms with van der Waals surface area (Å²) >= 11 is 12.3. The summed E-state index contributed by atoms with van der Waals surface area (Å²) in [5, 5.41) is 3.88. The van der Waals surface area contributed by atoms with Crippen molar-refractivity contribution >= 4 is 50.7 Å². The maximum atomic E-state index is 13.6. The van der Waals surface area contributed by atoms with E-state index >= 15 is 0 Å². The van der Waals surface area contributed by atoms with Crippen LogP contribution in [0.2, 0.25) is 10.0 Å². The number of nitrogens with one attached hydrogen (secondary N) is 1. The Balaban J connectivity index is 1.49. The van der Waals surface area contributed by atoms with E-state index in [0.29, 0.717) is 33.7 Å². The molecule has 9 nitrogen and oxygen atoms in total. The average Bonchev–Trinajstić information content (AvgIpc) is 3.59. The molecule has 40 heavy (non-hydrogen) atoms. The molecule has 4 rings (SSSR count). The molecule has 2 aliphatic rings. The highest BCUT2D eigenvalue weighted by Crippen LogP contribution is 2.36. The van der Waals surface area contributed by atoms with Gasteiger partial charge in [0.1, 0.15) is 6.04 Å². The van der Waals surface area contributed by atoms with Gasteiger partial charge >= 0.3 is 0 Å². The van der Waals surface area contributed by atoms with E-state index in [1.807, 2.05) is 6.92 Å². The molecule has 1 aliphatic heterocycles. The van der Waals surface area contributed by atoms with Crippen LogP contribution >= 0.6 is 23.2 Å². The van der Waals surface area contributed by atoms with Crippen molar-refractivity contribution in [2.45, 2.75) is 70.5 Å². The zero-order valence-corrected chi connectivity index (χ0v) is 25.0. The molecule has 1 saturated carbocycles. The predicted octanol–water partition coefficient (Wildman–Crippen LogP) is 5.13. The molecule has 0 bridgehead atoms. The third-order valence-electron chi connectivity index (χ3n) is 7.22. The summed E-state index contributed by atoms with van der Waals surface area (Å²) in [6, 6.07) is 9.50. The number of carbonyl (C=O) groups excluding carboxylic acids is 2. The van der Waals surface area contributed by atoms with Crippen LogP contribution in [0.3, 0.4) is 0 Å². The van der Waals surface area contributed by atoms with E-state index in [9.17, 15) is 18.0 Å². The number of amides is 2. The van der Waals surface area contributed by atoms with Gasteiger partial charge in [-0.05, 0) is 55.5 Å². The molecule has 2 aromatic carbocycles. The zero-order chi connectivity index (χ0) is 28.9. The normalized spacial score (nSPS) is 15.6. The van der Waals surface area contributed by atoms with E-state index < -0.39 is 16.1 Å². The number of fused-ring (bicyclic) bond motifs is 1. The Morgan fingerprint density at radius 1 is 1.05 bits per heavy atom. The molecule has 12 heteroatoms. The molecule has 0 spiro atoms. The number of hydrogen-bond acceptors (Lipinski definition) is 6. The predicted molar refractivity (Wildman–Crippen MR) is 155 cm³/mol. The summed E-state index contributed by atoms with van der Waals surface area (Å²) in [6.45, 7) is 2.20. The van der Waals surface area contributed by atoms with Gasteiger partial charge < -0.3 is 19.7 Å². The van der Waals surface area contributed by atoms with Crippen LogP contribution in [0, 0.1) is 0 Å². The minimum atomic E-state index is -3.64. The maximum absolute atomic E-state index is 13.6. The molecule has 0 saturated heterocycles. The Labute approximate surface area is 245 Å². The molecule has 1 heterocycles. The number of benzene rings is 2. The molecular weight excluding hydrogens is 577 g/mol. The Bertz CT molecular complexity index is 1330. The molecule has 1 N–H and O–H groups in total. The standard InChI is InChI=1S/C28H35Cl2N3O6S/c1-3-24(28(35)31-20-7-4-5-8-20)32(17-19-10-12-22(29)23(30)15-19)27(34)9-6-14-33(40(2,36)37)21-11-13-25-26(16-21)39-18-38-25/h10-13,15-16,20,24H,3-9,14,17-18H2,1-2H3,(H,31,35)/t24-/m1/s1. The van der Waals surface area contributed by atoms with Crippen molar-refractivity contribution in [2.24, 2.45) is 0 Å². The number of ether oxygens (including phenoxy) is 2.